The molecule has 0 aliphatic carbocycles. The molecular weight excluding hydrogens is 569 g/mol. The Bertz CT molecular complexity index is 1420. The molecule has 4 atom stereocenters. The summed E-state index contributed by atoms with van der Waals surface area (Å²) in [6, 6.07) is 0. The highest BCUT2D eigenvalue weighted by Crippen LogP contribution is 2.52. The molecule has 40 heavy (non-hydrogen) atoms. The van der Waals surface area contributed by atoms with Gasteiger partial charge in [-0.15, -0.1) is 0 Å². The van der Waals surface area contributed by atoms with Gasteiger partial charge in [0, 0.05) is 31.6 Å². The molecule has 3 heterocycles. The molecule has 1 saturated heterocycles. The summed E-state index contributed by atoms with van der Waals surface area (Å²) in [6.45, 7) is 22.5. The third-order valence-electron chi connectivity index (χ3n) is 9.51. The fraction of sp³-hybridized carbons (Fsp3) is 0.769. The topological polar surface area (TPSA) is 135 Å². The molecule has 0 bridgehead atoms. The van der Waals surface area contributed by atoms with Gasteiger partial charge in [0.05, 0.1) is 12.0 Å². The van der Waals surface area contributed by atoms with Crippen molar-refractivity contribution >= 4 is 26.7 Å². The van der Waals surface area contributed by atoms with E-state index in [1.165, 1.54) is 29.2 Å². The highest BCUT2D eigenvalue weighted by molar-refractivity contribution is 7.92. The van der Waals surface area contributed by atoms with Crippen LogP contribution in [0.2, 0.25) is 36.3 Å². The Morgan fingerprint density at radius 3 is 2.00 bits per heavy atom. The van der Waals surface area contributed by atoms with Crippen molar-refractivity contribution in [3.63, 3.8) is 0 Å². The largest absolute Gasteiger partial charge is 0.414 e. The Kier molecular flexibility index (Phi) is 8.26. The van der Waals surface area contributed by atoms with Crippen LogP contribution in [0.4, 0.5) is 0 Å². The highest BCUT2D eigenvalue weighted by Gasteiger charge is 2.68. The van der Waals surface area contributed by atoms with E-state index in [9.17, 15) is 18.0 Å². The first-order valence-electron chi connectivity index (χ1n) is 13.6. The summed E-state index contributed by atoms with van der Waals surface area (Å²) in [4.78, 5) is 26.0. The minimum absolute atomic E-state index is 0.0399. The van der Waals surface area contributed by atoms with Crippen LogP contribution in [-0.2, 0) is 30.7 Å². The van der Waals surface area contributed by atoms with Gasteiger partial charge < -0.3 is 19.3 Å². The molecule has 0 saturated carbocycles. The molecule has 1 aromatic heterocycles. The molecule has 1 fully saturated rings. The van der Waals surface area contributed by atoms with E-state index in [0.717, 1.165) is 9.98 Å². The van der Waals surface area contributed by atoms with E-state index in [1.807, 2.05) is 0 Å². The van der Waals surface area contributed by atoms with Crippen molar-refractivity contribution in [1.82, 2.24) is 13.4 Å². The fourth-order valence-corrected chi connectivity index (χ4v) is 8.45. The smallest absolute Gasteiger partial charge is 0.332 e. The summed E-state index contributed by atoms with van der Waals surface area (Å²) in [5.41, 5.74) is 4.55. The molecule has 2 N–H and O–H groups in total. The number of likely N-dealkylation sites (N-methyl/N-ethyl adjacent to an activating group) is 1. The predicted molar refractivity (Wildman–Crippen MR) is 161 cm³/mol. The molecule has 2 aliphatic rings. The summed E-state index contributed by atoms with van der Waals surface area (Å²) >= 11 is 0. The van der Waals surface area contributed by atoms with Gasteiger partial charge in [0.15, 0.2) is 22.9 Å². The van der Waals surface area contributed by atoms with Gasteiger partial charge in [-0.2, -0.15) is 4.31 Å². The van der Waals surface area contributed by atoms with Gasteiger partial charge in [-0.3, -0.25) is 13.9 Å². The molecule has 1 aromatic rings. The molecule has 1 spiro atoms. The molecule has 2 aliphatic heterocycles. The third kappa shape index (κ3) is 5.13. The number of nitrogens with two attached hydrogens (primary N) is 1. The molecule has 3 rings (SSSR count). The van der Waals surface area contributed by atoms with Crippen LogP contribution in [0.3, 0.4) is 0 Å². The highest BCUT2D eigenvalue weighted by atomic mass is 32.2. The Balaban J connectivity index is 2.33. The van der Waals surface area contributed by atoms with Gasteiger partial charge in [-0.05, 0) is 43.2 Å². The van der Waals surface area contributed by atoms with Crippen molar-refractivity contribution in [3.8, 4) is 0 Å². The van der Waals surface area contributed by atoms with Gasteiger partial charge in [-0.25, -0.2) is 13.2 Å². The van der Waals surface area contributed by atoms with Crippen molar-refractivity contribution in [3.05, 3.63) is 43.7 Å². The summed E-state index contributed by atoms with van der Waals surface area (Å²) in [5.74, 6) is 0. The van der Waals surface area contributed by atoms with E-state index in [4.69, 9.17) is 19.3 Å². The molecule has 0 aromatic carbocycles. The number of aromatic nitrogens is 2. The van der Waals surface area contributed by atoms with Crippen LogP contribution in [0.5, 0.6) is 0 Å². The molecule has 0 unspecified atom stereocenters. The van der Waals surface area contributed by atoms with Gasteiger partial charge >= 0.3 is 5.69 Å². The molecule has 11 nitrogen and oxygen atoms in total. The van der Waals surface area contributed by atoms with Crippen LogP contribution in [0.1, 0.15) is 53.3 Å². The lowest BCUT2D eigenvalue weighted by Gasteiger charge is -2.46. The standard InChI is InChI=1S/C26H48N4O7SSi2/c1-17-14-30(23(32)28(8)21(17)31)22-20(37-40(12,13)25(5,6)7)26(18(27)16-38(33,34)29(26)9)19(36-22)15-35-39(10,11)24(2,3)4/h14,16,19-20,22H,15,27H2,1-13H3/t19-,20+,22-,26-/m1/s1. The predicted octanol–water partition coefficient (Wildman–Crippen LogP) is 2.98. The van der Waals surface area contributed by atoms with Gasteiger partial charge in [0.1, 0.15) is 17.7 Å². The van der Waals surface area contributed by atoms with Gasteiger partial charge in [0.2, 0.25) is 10.0 Å². The lowest BCUT2D eigenvalue weighted by atomic mass is 9.85. The van der Waals surface area contributed by atoms with Crippen molar-refractivity contribution in [2.75, 3.05) is 13.7 Å². The number of sulfonamides is 1. The second-order valence-electron chi connectivity index (χ2n) is 14.2. The maximum absolute atomic E-state index is 13.5. The van der Waals surface area contributed by atoms with E-state index in [0.29, 0.717) is 5.56 Å². The van der Waals surface area contributed by atoms with Crippen LogP contribution < -0.4 is 17.0 Å². The average Bonchev–Trinajstić information content (AvgIpc) is 3.18. The summed E-state index contributed by atoms with van der Waals surface area (Å²) in [6.07, 6.45) is -1.53. The van der Waals surface area contributed by atoms with Crippen LogP contribution in [0.15, 0.2) is 26.9 Å². The van der Waals surface area contributed by atoms with E-state index in [1.54, 1.807) is 6.92 Å². The number of rotatable bonds is 6. The van der Waals surface area contributed by atoms with Crippen molar-refractivity contribution in [2.45, 2.75) is 109 Å². The first-order chi connectivity index (χ1) is 17.8. The fourth-order valence-electron chi connectivity index (χ4n) is 4.75. The second-order valence-corrected chi connectivity index (χ2v) is 25.5. The molecule has 14 heteroatoms. The number of hydrogen-bond donors (Lipinski definition) is 1. The Hall–Kier alpha value is -1.56. The number of nitrogens with zero attached hydrogens (tertiary/aromatic N) is 3. The molecule has 0 amide bonds. The van der Waals surface area contributed by atoms with E-state index in [-0.39, 0.29) is 22.4 Å². The zero-order valence-electron chi connectivity index (χ0n) is 26.3. The van der Waals surface area contributed by atoms with Crippen molar-refractivity contribution in [2.24, 2.45) is 12.8 Å². The van der Waals surface area contributed by atoms with Crippen LogP contribution >= 0.6 is 0 Å². The van der Waals surface area contributed by atoms with E-state index >= 15 is 0 Å². The van der Waals surface area contributed by atoms with Crippen LogP contribution in [-0.4, -0.2) is 69.9 Å². The van der Waals surface area contributed by atoms with Gasteiger partial charge in [-0.1, -0.05) is 41.5 Å². The summed E-state index contributed by atoms with van der Waals surface area (Å²) in [7, 11) is -5.99. The summed E-state index contributed by atoms with van der Waals surface area (Å²) < 4.78 is 50.4. The molecular formula is C26H48N4O7SSi2. The average molecular weight is 617 g/mol. The third-order valence-corrected chi connectivity index (χ3v) is 20.1. The zero-order chi connectivity index (χ0) is 31.0. The monoisotopic (exact) mass is 616 g/mol. The quantitative estimate of drug-likeness (QED) is 0.482. The van der Waals surface area contributed by atoms with Crippen molar-refractivity contribution < 1.29 is 22.0 Å². The minimum atomic E-state index is -3.93. The normalized spacial score (nSPS) is 27.9. The van der Waals surface area contributed by atoms with Crippen LogP contribution in [0, 0.1) is 6.92 Å². The Labute approximate surface area is 240 Å². The number of hydrogen-bond acceptors (Lipinski definition) is 8. The number of aryl methyl sites for hydroxylation is 1. The lowest BCUT2D eigenvalue weighted by molar-refractivity contribution is -0.0512. The van der Waals surface area contributed by atoms with E-state index in [2.05, 4.69) is 67.7 Å². The zero-order valence-corrected chi connectivity index (χ0v) is 29.1. The second kappa shape index (κ2) is 10.0. The Morgan fingerprint density at radius 1 is 1.02 bits per heavy atom. The first-order valence-corrected chi connectivity index (χ1v) is 20.9. The minimum Gasteiger partial charge on any atom is -0.414 e. The number of ether oxygens (including phenoxy) is 1. The Morgan fingerprint density at radius 2 is 1.55 bits per heavy atom. The lowest BCUT2D eigenvalue weighted by Crippen LogP contribution is -2.64. The van der Waals surface area contributed by atoms with Gasteiger partial charge in [0.25, 0.3) is 5.56 Å². The summed E-state index contributed by atoms with van der Waals surface area (Å²) in [5, 5.41) is 0.679. The SMILES string of the molecule is Cc1cn([C@@H]2O[C@H](CO[Si](C)(C)C(C)(C)C)[C@]3(C(N)=CS(=O)(=O)N3C)[C@H]2O[Si](C)(C)C(C)(C)C)c(=O)n(C)c1=O. The first kappa shape index (κ1) is 33.0. The van der Waals surface area contributed by atoms with Crippen molar-refractivity contribution in [1.29, 1.82) is 0 Å². The molecule has 228 valence electrons. The van der Waals surface area contributed by atoms with E-state index < -0.39 is 61.9 Å². The maximum Gasteiger partial charge on any atom is 0.332 e. The van der Waals surface area contributed by atoms with Crippen LogP contribution in [0.25, 0.3) is 0 Å². The molecule has 0 radical (unpaired) electrons. The maximum atomic E-state index is 13.5.